The van der Waals surface area contributed by atoms with E-state index in [9.17, 15) is 5.11 Å². The van der Waals surface area contributed by atoms with Crippen LogP contribution < -0.4 is 0 Å². The zero-order chi connectivity index (χ0) is 9.47. The topological polar surface area (TPSA) is 20.2 Å². The van der Waals surface area contributed by atoms with Crippen LogP contribution >= 0.6 is 11.3 Å². The van der Waals surface area contributed by atoms with Crippen LogP contribution in [0.25, 0.3) is 10.1 Å². The second kappa shape index (κ2) is 2.82. The van der Waals surface area contributed by atoms with Crippen molar-refractivity contribution >= 4 is 21.4 Å². The van der Waals surface area contributed by atoms with Gasteiger partial charge in [-0.3, -0.25) is 0 Å². The molecule has 0 aliphatic heterocycles. The maximum absolute atomic E-state index is 9.91. The predicted octanol–water partition coefficient (Wildman–Crippen LogP) is 3.13. The van der Waals surface area contributed by atoms with E-state index in [4.69, 9.17) is 0 Å². The molecule has 0 radical (unpaired) electrons. The Hall–Kier alpha value is -0.860. The third kappa shape index (κ3) is 1.47. The molecule has 2 rings (SSSR count). The molecule has 2 aromatic rings. The van der Waals surface area contributed by atoms with Crippen molar-refractivity contribution in [2.45, 2.75) is 19.4 Å². The van der Waals surface area contributed by atoms with Crippen LogP contribution in [0, 0.1) is 0 Å². The maximum Gasteiger partial charge on any atom is 0.0854 e. The Morgan fingerprint density at radius 1 is 1.23 bits per heavy atom. The van der Waals surface area contributed by atoms with E-state index in [0.29, 0.717) is 0 Å². The molecular formula is C11H12OS. The minimum absolute atomic E-state index is 0.746. The van der Waals surface area contributed by atoms with Gasteiger partial charge in [0.2, 0.25) is 0 Å². The SMILES string of the molecule is CC(C)(O)c1cccc2ccsc12. The number of thiophene rings is 1. The lowest BCUT2D eigenvalue weighted by Crippen LogP contribution is -2.15. The van der Waals surface area contributed by atoms with Crippen LogP contribution in [-0.4, -0.2) is 5.11 Å². The first-order valence-corrected chi connectivity index (χ1v) is 5.16. The molecule has 68 valence electrons. The molecule has 1 N–H and O–H groups in total. The van der Waals surface area contributed by atoms with Crippen molar-refractivity contribution in [1.29, 1.82) is 0 Å². The number of fused-ring (bicyclic) bond motifs is 1. The van der Waals surface area contributed by atoms with Gasteiger partial charge in [0.25, 0.3) is 0 Å². The van der Waals surface area contributed by atoms with Crippen molar-refractivity contribution < 1.29 is 5.11 Å². The van der Waals surface area contributed by atoms with Crippen LogP contribution in [-0.2, 0) is 5.60 Å². The molecule has 1 aromatic carbocycles. The van der Waals surface area contributed by atoms with Gasteiger partial charge >= 0.3 is 0 Å². The van der Waals surface area contributed by atoms with Crippen molar-refractivity contribution in [2.24, 2.45) is 0 Å². The van der Waals surface area contributed by atoms with E-state index in [2.05, 4.69) is 17.5 Å². The Balaban J connectivity index is 2.75. The van der Waals surface area contributed by atoms with E-state index < -0.39 is 5.60 Å². The van der Waals surface area contributed by atoms with Gasteiger partial charge in [-0.05, 0) is 30.7 Å². The smallest absolute Gasteiger partial charge is 0.0854 e. The van der Waals surface area contributed by atoms with E-state index in [1.165, 1.54) is 10.1 Å². The molecule has 0 aliphatic rings. The first-order chi connectivity index (χ1) is 6.09. The summed E-state index contributed by atoms with van der Waals surface area (Å²) in [4.78, 5) is 0. The molecule has 0 saturated heterocycles. The van der Waals surface area contributed by atoms with Gasteiger partial charge in [-0.25, -0.2) is 0 Å². The zero-order valence-electron chi connectivity index (χ0n) is 7.74. The highest BCUT2D eigenvalue weighted by Crippen LogP contribution is 2.31. The second-order valence-corrected chi connectivity index (χ2v) is 4.62. The van der Waals surface area contributed by atoms with Crippen molar-refractivity contribution in [3.8, 4) is 0 Å². The molecule has 2 heteroatoms. The van der Waals surface area contributed by atoms with E-state index in [0.717, 1.165) is 5.56 Å². The lowest BCUT2D eigenvalue weighted by molar-refractivity contribution is 0.0804. The van der Waals surface area contributed by atoms with Gasteiger partial charge in [-0.1, -0.05) is 18.2 Å². The Labute approximate surface area is 81.6 Å². The summed E-state index contributed by atoms with van der Waals surface area (Å²) >= 11 is 1.68. The summed E-state index contributed by atoms with van der Waals surface area (Å²) in [6.45, 7) is 3.64. The molecular weight excluding hydrogens is 180 g/mol. The average molecular weight is 192 g/mol. The molecule has 0 amide bonds. The van der Waals surface area contributed by atoms with Crippen LogP contribution in [0.3, 0.4) is 0 Å². The fraction of sp³-hybridized carbons (Fsp3) is 0.273. The first-order valence-electron chi connectivity index (χ1n) is 4.28. The molecule has 1 nitrogen and oxygen atoms in total. The van der Waals surface area contributed by atoms with Gasteiger partial charge in [-0.15, -0.1) is 11.3 Å². The molecule has 0 saturated carbocycles. The summed E-state index contributed by atoms with van der Waals surface area (Å²) in [7, 11) is 0. The lowest BCUT2D eigenvalue weighted by Gasteiger charge is -2.18. The van der Waals surface area contributed by atoms with E-state index >= 15 is 0 Å². The van der Waals surface area contributed by atoms with Gasteiger partial charge in [0.1, 0.15) is 0 Å². The van der Waals surface area contributed by atoms with Gasteiger partial charge < -0.3 is 5.11 Å². The molecule has 1 heterocycles. The third-order valence-electron chi connectivity index (χ3n) is 2.14. The standard InChI is InChI=1S/C11H12OS/c1-11(2,12)9-5-3-4-8-6-7-13-10(8)9/h3-7,12H,1-2H3. The predicted molar refractivity (Wildman–Crippen MR) is 57.1 cm³/mol. The number of hydrogen-bond donors (Lipinski definition) is 1. The van der Waals surface area contributed by atoms with E-state index in [-0.39, 0.29) is 0 Å². The molecule has 0 atom stereocenters. The Kier molecular flexibility index (Phi) is 1.90. The molecule has 0 spiro atoms. The summed E-state index contributed by atoms with van der Waals surface area (Å²) < 4.78 is 1.19. The van der Waals surface area contributed by atoms with Crippen molar-refractivity contribution in [3.05, 3.63) is 35.2 Å². The molecule has 13 heavy (non-hydrogen) atoms. The van der Waals surface area contributed by atoms with Crippen molar-refractivity contribution in [2.75, 3.05) is 0 Å². The number of rotatable bonds is 1. The molecule has 0 aliphatic carbocycles. The number of benzene rings is 1. The highest BCUT2D eigenvalue weighted by Gasteiger charge is 2.18. The Bertz CT molecular complexity index is 423. The van der Waals surface area contributed by atoms with Gasteiger partial charge in [-0.2, -0.15) is 0 Å². The highest BCUT2D eigenvalue weighted by atomic mass is 32.1. The highest BCUT2D eigenvalue weighted by molar-refractivity contribution is 7.17. The zero-order valence-corrected chi connectivity index (χ0v) is 8.56. The summed E-state index contributed by atoms with van der Waals surface area (Å²) in [5.74, 6) is 0. The van der Waals surface area contributed by atoms with Crippen LogP contribution in [0.2, 0.25) is 0 Å². The van der Waals surface area contributed by atoms with Gasteiger partial charge in [0.05, 0.1) is 5.60 Å². The maximum atomic E-state index is 9.91. The van der Waals surface area contributed by atoms with Crippen molar-refractivity contribution in [1.82, 2.24) is 0 Å². The van der Waals surface area contributed by atoms with Crippen LogP contribution in [0.5, 0.6) is 0 Å². The first kappa shape index (κ1) is 8.73. The Morgan fingerprint density at radius 3 is 2.69 bits per heavy atom. The van der Waals surface area contributed by atoms with Gasteiger partial charge in [0, 0.05) is 10.3 Å². The third-order valence-corrected chi connectivity index (χ3v) is 3.10. The second-order valence-electron chi connectivity index (χ2n) is 3.70. The van der Waals surface area contributed by atoms with Crippen LogP contribution in [0.4, 0.5) is 0 Å². The summed E-state index contributed by atoms with van der Waals surface area (Å²) in [5.41, 5.74) is 0.268. The normalized spacial score (nSPS) is 12.2. The minimum atomic E-state index is -0.746. The quantitative estimate of drug-likeness (QED) is 0.736. The summed E-state index contributed by atoms with van der Waals surface area (Å²) in [6.07, 6.45) is 0. The number of hydrogen-bond acceptors (Lipinski definition) is 2. The van der Waals surface area contributed by atoms with Gasteiger partial charge in [0.15, 0.2) is 0 Å². The molecule has 0 bridgehead atoms. The summed E-state index contributed by atoms with van der Waals surface area (Å²) in [5, 5.41) is 13.2. The van der Waals surface area contributed by atoms with E-state index in [1.807, 2.05) is 26.0 Å². The fourth-order valence-corrected chi connectivity index (χ4v) is 2.54. The summed E-state index contributed by atoms with van der Waals surface area (Å²) in [6, 6.07) is 8.12. The molecule has 1 aromatic heterocycles. The number of aliphatic hydroxyl groups is 1. The largest absolute Gasteiger partial charge is 0.386 e. The van der Waals surface area contributed by atoms with Crippen molar-refractivity contribution in [3.63, 3.8) is 0 Å². The monoisotopic (exact) mass is 192 g/mol. The fourth-order valence-electron chi connectivity index (χ4n) is 1.47. The van der Waals surface area contributed by atoms with E-state index in [1.54, 1.807) is 11.3 Å². The van der Waals surface area contributed by atoms with Crippen LogP contribution in [0.1, 0.15) is 19.4 Å². The average Bonchev–Trinajstić information content (AvgIpc) is 2.48. The molecule has 0 fully saturated rings. The van der Waals surface area contributed by atoms with Crippen LogP contribution in [0.15, 0.2) is 29.6 Å². The lowest BCUT2D eigenvalue weighted by atomic mass is 9.97. The molecule has 0 unspecified atom stereocenters. The Morgan fingerprint density at radius 2 is 2.00 bits per heavy atom. The minimum Gasteiger partial charge on any atom is -0.386 e.